The lowest BCUT2D eigenvalue weighted by Crippen LogP contribution is -2.37. The van der Waals surface area contributed by atoms with Gasteiger partial charge in [-0.1, -0.05) is 52.3 Å². The molecule has 1 amide bonds. The van der Waals surface area contributed by atoms with Crippen molar-refractivity contribution in [2.45, 2.75) is 6.92 Å². The Morgan fingerprint density at radius 2 is 1.78 bits per heavy atom. The van der Waals surface area contributed by atoms with Crippen LogP contribution in [0.3, 0.4) is 0 Å². The molecule has 1 N–H and O–H groups in total. The van der Waals surface area contributed by atoms with Gasteiger partial charge in [0.05, 0.1) is 11.9 Å². The summed E-state index contributed by atoms with van der Waals surface area (Å²) in [6, 6.07) is 18.3. The number of anilines is 2. The van der Waals surface area contributed by atoms with Crippen LogP contribution in [0.15, 0.2) is 65.1 Å². The van der Waals surface area contributed by atoms with Crippen LogP contribution in [0, 0.1) is 6.92 Å². The normalized spacial score (nSPS) is 11.4. The van der Waals surface area contributed by atoms with Gasteiger partial charge in [-0.15, -0.1) is 0 Å². The first kappa shape index (κ1) is 19.4. The molecule has 27 heavy (non-hydrogen) atoms. The standard InChI is InChI=1S/C20H19BrN2O3S/c1-14-12-16(10-11-18(14)21)22-20(24)13-23(27(2,25)26)19-9-5-7-15-6-3-4-8-17(15)19/h3-12H,13H2,1-2H3,(H,22,24). The summed E-state index contributed by atoms with van der Waals surface area (Å²) < 4.78 is 26.9. The van der Waals surface area contributed by atoms with Crippen molar-refractivity contribution < 1.29 is 13.2 Å². The molecule has 0 saturated carbocycles. The predicted octanol–water partition coefficient (Wildman–Crippen LogP) is 4.32. The molecule has 0 heterocycles. The highest BCUT2D eigenvalue weighted by molar-refractivity contribution is 9.10. The Morgan fingerprint density at radius 1 is 1.07 bits per heavy atom. The third-order valence-electron chi connectivity index (χ3n) is 4.16. The number of carbonyl (C=O) groups is 1. The van der Waals surface area contributed by atoms with Gasteiger partial charge in [-0.25, -0.2) is 8.42 Å². The third-order valence-corrected chi connectivity index (χ3v) is 6.18. The molecule has 0 spiro atoms. The molecule has 0 aliphatic carbocycles. The van der Waals surface area contributed by atoms with Gasteiger partial charge in [0.15, 0.2) is 0 Å². The van der Waals surface area contributed by atoms with Crippen molar-refractivity contribution in [3.8, 4) is 0 Å². The van der Waals surface area contributed by atoms with Crippen LogP contribution in [0.2, 0.25) is 0 Å². The maximum Gasteiger partial charge on any atom is 0.245 e. The topological polar surface area (TPSA) is 66.5 Å². The summed E-state index contributed by atoms with van der Waals surface area (Å²) >= 11 is 3.42. The fourth-order valence-corrected chi connectivity index (χ4v) is 3.98. The molecule has 7 heteroatoms. The maximum absolute atomic E-state index is 12.5. The second-order valence-corrected chi connectivity index (χ2v) is 9.04. The average Bonchev–Trinajstić information content (AvgIpc) is 2.61. The van der Waals surface area contributed by atoms with Crippen LogP contribution >= 0.6 is 15.9 Å². The highest BCUT2D eigenvalue weighted by atomic mass is 79.9. The van der Waals surface area contributed by atoms with Crippen LogP contribution in [0.5, 0.6) is 0 Å². The fraction of sp³-hybridized carbons (Fsp3) is 0.150. The first-order chi connectivity index (χ1) is 12.8. The number of carbonyl (C=O) groups excluding carboxylic acids is 1. The van der Waals surface area contributed by atoms with E-state index in [1.165, 1.54) is 0 Å². The number of benzene rings is 3. The average molecular weight is 447 g/mol. The summed E-state index contributed by atoms with van der Waals surface area (Å²) in [4.78, 5) is 12.5. The van der Waals surface area contributed by atoms with Crippen molar-refractivity contribution in [2.75, 3.05) is 22.4 Å². The Morgan fingerprint density at radius 3 is 2.48 bits per heavy atom. The molecule has 0 aromatic heterocycles. The largest absolute Gasteiger partial charge is 0.325 e. The molecule has 0 bridgehead atoms. The van der Waals surface area contributed by atoms with Gasteiger partial charge >= 0.3 is 0 Å². The lowest BCUT2D eigenvalue weighted by Gasteiger charge is -2.23. The van der Waals surface area contributed by atoms with E-state index in [1.54, 1.807) is 18.2 Å². The molecular weight excluding hydrogens is 428 g/mol. The van der Waals surface area contributed by atoms with Crippen LogP contribution < -0.4 is 9.62 Å². The van der Waals surface area contributed by atoms with E-state index in [1.807, 2.05) is 49.4 Å². The molecule has 0 atom stereocenters. The zero-order chi connectivity index (χ0) is 19.6. The van der Waals surface area contributed by atoms with E-state index < -0.39 is 15.9 Å². The van der Waals surface area contributed by atoms with E-state index in [0.717, 1.165) is 31.4 Å². The summed E-state index contributed by atoms with van der Waals surface area (Å²) in [5.41, 5.74) is 2.08. The maximum atomic E-state index is 12.5. The Bertz CT molecular complexity index is 1110. The van der Waals surface area contributed by atoms with Gasteiger partial charge in [-0.3, -0.25) is 9.10 Å². The summed E-state index contributed by atoms with van der Waals surface area (Å²) in [5, 5.41) is 4.45. The number of sulfonamides is 1. The van der Waals surface area contributed by atoms with Crippen molar-refractivity contribution in [2.24, 2.45) is 0 Å². The minimum atomic E-state index is -3.65. The third kappa shape index (κ3) is 4.48. The fourth-order valence-electron chi connectivity index (χ4n) is 2.86. The quantitative estimate of drug-likeness (QED) is 0.634. The summed E-state index contributed by atoms with van der Waals surface area (Å²) in [5.74, 6) is -0.407. The Balaban J connectivity index is 1.92. The monoisotopic (exact) mass is 446 g/mol. The van der Waals surface area contributed by atoms with Crippen LogP contribution in [-0.2, 0) is 14.8 Å². The molecule has 0 aliphatic rings. The molecule has 0 saturated heterocycles. The number of amides is 1. The summed E-state index contributed by atoms with van der Waals surface area (Å²) in [6.45, 7) is 1.61. The van der Waals surface area contributed by atoms with Gasteiger partial charge in [-0.05, 0) is 42.1 Å². The Hall–Kier alpha value is -2.38. The molecule has 140 valence electrons. The molecule has 3 aromatic carbocycles. The highest BCUT2D eigenvalue weighted by Gasteiger charge is 2.22. The molecule has 0 radical (unpaired) electrons. The summed E-state index contributed by atoms with van der Waals surface area (Å²) in [6.07, 6.45) is 1.10. The van der Waals surface area contributed by atoms with Gasteiger partial charge in [0.2, 0.25) is 15.9 Å². The van der Waals surface area contributed by atoms with Crippen molar-refractivity contribution in [3.63, 3.8) is 0 Å². The summed E-state index contributed by atoms with van der Waals surface area (Å²) in [7, 11) is -3.65. The number of hydrogen-bond donors (Lipinski definition) is 1. The van der Waals surface area contributed by atoms with E-state index in [0.29, 0.717) is 11.4 Å². The molecule has 0 fully saturated rings. The number of fused-ring (bicyclic) bond motifs is 1. The molecule has 5 nitrogen and oxygen atoms in total. The lowest BCUT2D eigenvalue weighted by atomic mass is 10.1. The smallest absolute Gasteiger partial charge is 0.245 e. The van der Waals surface area contributed by atoms with Gasteiger partial charge in [0, 0.05) is 15.5 Å². The highest BCUT2D eigenvalue weighted by Crippen LogP contribution is 2.28. The predicted molar refractivity (Wildman–Crippen MR) is 114 cm³/mol. The first-order valence-electron chi connectivity index (χ1n) is 8.27. The molecule has 0 unspecified atom stereocenters. The minimum Gasteiger partial charge on any atom is -0.325 e. The van der Waals surface area contributed by atoms with Gasteiger partial charge in [0.1, 0.15) is 6.54 Å². The second-order valence-electron chi connectivity index (χ2n) is 6.28. The number of aryl methyl sites for hydroxylation is 1. The number of nitrogens with zero attached hydrogens (tertiary/aromatic N) is 1. The zero-order valence-corrected chi connectivity index (χ0v) is 17.3. The van der Waals surface area contributed by atoms with E-state index >= 15 is 0 Å². The van der Waals surface area contributed by atoms with Crippen molar-refractivity contribution in [1.82, 2.24) is 0 Å². The van der Waals surface area contributed by atoms with Crippen molar-refractivity contribution in [1.29, 1.82) is 0 Å². The lowest BCUT2D eigenvalue weighted by molar-refractivity contribution is -0.114. The minimum absolute atomic E-state index is 0.304. The van der Waals surface area contributed by atoms with Crippen LogP contribution in [0.25, 0.3) is 10.8 Å². The van der Waals surface area contributed by atoms with E-state index in [9.17, 15) is 13.2 Å². The molecule has 0 aliphatic heterocycles. The van der Waals surface area contributed by atoms with Gasteiger partial charge < -0.3 is 5.32 Å². The second kappa shape index (κ2) is 7.70. The number of halogens is 1. The van der Waals surface area contributed by atoms with Crippen LogP contribution in [0.4, 0.5) is 11.4 Å². The Labute approximate surface area is 167 Å². The van der Waals surface area contributed by atoms with Gasteiger partial charge in [-0.2, -0.15) is 0 Å². The molecule has 3 rings (SSSR count). The van der Waals surface area contributed by atoms with Crippen LogP contribution in [-0.4, -0.2) is 27.1 Å². The van der Waals surface area contributed by atoms with E-state index in [2.05, 4.69) is 21.2 Å². The molecular formula is C20H19BrN2O3S. The SMILES string of the molecule is Cc1cc(NC(=O)CN(c2cccc3ccccc23)S(C)(=O)=O)ccc1Br. The van der Waals surface area contributed by atoms with E-state index in [4.69, 9.17) is 0 Å². The van der Waals surface area contributed by atoms with Crippen LogP contribution in [0.1, 0.15) is 5.56 Å². The number of rotatable bonds is 5. The number of hydrogen-bond acceptors (Lipinski definition) is 3. The molecule has 3 aromatic rings. The van der Waals surface area contributed by atoms with Crippen molar-refractivity contribution in [3.05, 3.63) is 70.7 Å². The van der Waals surface area contributed by atoms with E-state index in [-0.39, 0.29) is 6.54 Å². The first-order valence-corrected chi connectivity index (χ1v) is 10.9. The number of nitrogens with one attached hydrogen (secondary N) is 1. The van der Waals surface area contributed by atoms with Gasteiger partial charge in [0.25, 0.3) is 0 Å². The Kier molecular flexibility index (Phi) is 5.53. The zero-order valence-electron chi connectivity index (χ0n) is 14.9. The van der Waals surface area contributed by atoms with Crippen molar-refractivity contribution >= 4 is 54.0 Å².